The van der Waals surface area contributed by atoms with Gasteiger partial charge >= 0.3 is 8.08 Å². The van der Waals surface area contributed by atoms with Crippen LogP contribution < -0.4 is 0 Å². The fraction of sp³-hybridized carbons (Fsp3) is 0. The Bertz CT molecular complexity index is 532. The maximum Gasteiger partial charge on any atom is 0.342 e. The summed E-state index contributed by atoms with van der Waals surface area (Å²) >= 11 is 0. The molecule has 4 nitrogen and oxygen atoms in total. The largest absolute Gasteiger partial charge is 0.342 e. The molecule has 0 aliphatic heterocycles. The van der Waals surface area contributed by atoms with Crippen molar-refractivity contribution in [2.45, 2.75) is 4.90 Å². The molecule has 0 atom stereocenters. The first-order valence-electron chi connectivity index (χ1n) is 3.20. The van der Waals surface area contributed by atoms with E-state index >= 15 is 0 Å². The number of hydrogen-bond acceptors (Lipinski definition) is 4. The van der Waals surface area contributed by atoms with Gasteiger partial charge in [-0.15, -0.1) is 0 Å². The third-order valence-electron chi connectivity index (χ3n) is 1.36. The molecule has 1 aromatic carbocycles. The molecule has 0 amide bonds. The summed E-state index contributed by atoms with van der Waals surface area (Å²) in [6.45, 7) is 0. The Labute approximate surface area is 84.1 Å². The first-order chi connectivity index (χ1) is 6.25. The van der Waals surface area contributed by atoms with E-state index in [0.29, 0.717) is 0 Å². The highest BCUT2D eigenvalue weighted by molar-refractivity contribution is 8.75. The van der Waals surface area contributed by atoms with E-state index in [0.717, 1.165) is 24.3 Å². The third-order valence-corrected chi connectivity index (χ3v) is 6.38. The van der Waals surface area contributed by atoms with Gasteiger partial charge in [0.15, 0.2) is 0 Å². The summed E-state index contributed by atoms with van der Waals surface area (Å²) in [6, 6.07) is 3.30. The summed E-state index contributed by atoms with van der Waals surface area (Å²) in [4.78, 5) is -0.561. The van der Waals surface area contributed by atoms with E-state index < -0.39 is 27.7 Å². The van der Waals surface area contributed by atoms with Crippen LogP contribution in [0.5, 0.6) is 0 Å². The van der Waals surface area contributed by atoms with Crippen LogP contribution in [-0.4, -0.2) is 16.8 Å². The lowest BCUT2D eigenvalue weighted by Gasteiger charge is -1.98. The minimum atomic E-state index is -4.75. The highest BCUT2D eigenvalue weighted by Gasteiger charge is 2.29. The van der Waals surface area contributed by atoms with E-state index in [4.69, 9.17) is 0 Å². The lowest BCUT2D eigenvalue weighted by Crippen LogP contribution is -2.09. The van der Waals surface area contributed by atoms with Crippen molar-refractivity contribution in [1.82, 2.24) is 0 Å². The predicted octanol–water partition coefficient (Wildman–Crippen LogP) is 1.08. The van der Waals surface area contributed by atoms with Crippen molar-refractivity contribution < 1.29 is 21.2 Å². The summed E-state index contributed by atoms with van der Waals surface area (Å²) in [5, 5.41) is 0. The fourth-order valence-corrected chi connectivity index (χ4v) is 3.09. The third kappa shape index (κ3) is 2.05. The van der Waals surface area contributed by atoms with Gasteiger partial charge in [0.05, 0.1) is 4.90 Å². The Morgan fingerprint density at radius 3 is 1.79 bits per heavy atom. The first-order valence-corrected chi connectivity index (χ1v) is 7.51. The fourth-order valence-electron chi connectivity index (χ4n) is 0.716. The molecule has 0 unspecified atom stereocenters. The molecule has 0 spiro atoms. The second kappa shape index (κ2) is 3.48. The van der Waals surface area contributed by atoms with Crippen molar-refractivity contribution in [1.29, 1.82) is 0 Å². The van der Waals surface area contributed by atoms with Crippen molar-refractivity contribution in [2.24, 2.45) is 0 Å². The monoisotopic (exact) mass is 258 g/mol. The zero-order valence-electron chi connectivity index (χ0n) is 6.51. The molecular weight excluding hydrogens is 255 g/mol. The van der Waals surface area contributed by atoms with E-state index in [1.54, 1.807) is 0 Å². The van der Waals surface area contributed by atoms with Crippen LogP contribution in [0.1, 0.15) is 0 Å². The topological polar surface area (TPSA) is 68.3 Å². The molecule has 0 saturated carbocycles. The van der Waals surface area contributed by atoms with E-state index in [9.17, 15) is 21.2 Å². The number of hydrogen-bond donors (Lipinski definition) is 0. The van der Waals surface area contributed by atoms with Crippen molar-refractivity contribution in [3.05, 3.63) is 30.1 Å². The summed E-state index contributed by atoms with van der Waals surface area (Å²) in [6.07, 6.45) is 0. The molecule has 0 saturated heterocycles. The Kier molecular flexibility index (Phi) is 2.84. The Balaban J connectivity index is 3.40. The van der Waals surface area contributed by atoms with Crippen LogP contribution in [0.2, 0.25) is 0 Å². The highest BCUT2D eigenvalue weighted by atomic mass is 35.8. The van der Waals surface area contributed by atoms with Crippen LogP contribution in [0.3, 0.4) is 0 Å². The number of rotatable bonds is 2. The molecule has 0 aliphatic carbocycles. The van der Waals surface area contributed by atoms with Crippen molar-refractivity contribution in [3.8, 4) is 0 Å². The summed E-state index contributed by atoms with van der Waals surface area (Å²) < 4.78 is 55.9. The standard InChI is InChI=1S/C6H4ClFO4S2/c7-14(11,12)13(9,10)6-3-1-5(8)2-4-6/h1-4H. The van der Waals surface area contributed by atoms with Crippen LogP contribution in [0.4, 0.5) is 4.39 Å². The normalized spacial score (nSPS) is 12.7. The molecule has 0 radical (unpaired) electrons. The van der Waals surface area contributed by atoms with Crippen molar-refractivity contribution >= 4 is 27.6 Å². The zero-order valence-corrected chi connectivity index (χ0v) is 8.90. The molecule has 0 fully saturated rings. The summed E-state index contributed by atoms with van der Waals surface area (Å²) in [5.41, 5.74) is 0. The average Bonchev–Trinajstić information content (AvgIpc) is 2.03. The van der Waals surface area contributed by atoms with Crippen LogP contribution >= 0.6 is 10.7 Å². The van der Waals surface area contributed by atoms with Gasteiger partial charge in [-0.3, -0.25) is 0 Å². The first kappa shape index (κ1) is 11.4. The molecule has 1 rings (SSSR count). The lowest BCUT2D eigenvalue weighted by atomic mass is 10.4. The number of benzene rings is 1. The van der Waals surface area contributed by atoms with Crippen LogP contribution in [0.25, 0.3) is 0 Å². The Morgan fingerprint density at radius 1 is 1.00 bits per heavy atom. The molecule has 0 N–H and O–H groups in total. The SMILES string of the molecule is O=S(=O)(Cl)S(=O)(=O)c1ccc(F)cc1. The predicted molar refractivity (Wildman–Crippen MR) is 48.4 cm³/mol. The minimum absolute atomic E-state index is 0.561. The van der Waals surface area contributed by atoms with Gasteiger partial charge in [0.2, 0.25) is 0 Å². The van der Waals surface area contributed by atoms with Gasteiger partial charge in [0, 0.05) is 10.7 Å². The Morgan fingerprint density at radius 2 is 1.43 bits per heavy atom. The van der Waals surface area contributed by atoms with E-state index in [1.165, 1.54) is 0 Å². The summed E-state index contributed by atoms with van der Waals surface area (Å²) in [7, 11) is -4.68. The molecule has 1 aromatic rings. The van der Waals surface area contributed by atoms with Gasteiger partial charge < -0.3 is 0 Å². The van der Waals surface area contributed by atoms with Gasteiger partial charge in [-0.1, -0.05) is 0 Å². The minimum Gasteiger partial charge on any atom is -0.207 e. The van der Waals surface area contributed by atoms with Gasteiger partial charge in [-0.2, -0.15) is 8.42 Å². The number of halogens is 2. The molecule has 0 bridgehead atoms. The van der Waals surface area contributed by atoms with Gasteiger partial charge in [-0.05, 0) is 24.3 Å². The van der Waals surface area contributed by atoms with Gasteiger partial charge in [0.1, 0.15) is 5.82 Å². The second-order valence-electron chi connectivity index (χ2n) is 2.30. The maximum atomic E-state index is 12.4. The van der Waals surface area contributed by atoms with E-state index in [-0.39, 0.29) is 0 Å². The van der Waals surface area contributed by atoms with E-state index in [1.807, 2.05) is 0 Å². The Hall–Kier alpha value is -0.660. The lowest BCUT2D eigenvalue weighted by molar-refractivity contribution is 0.589. The van der Waals surface area contributed by atoms with Crippen LogP contribution in [0, 0.1) is 5.82 Å². The molecular formula is C6H4ClFO4S2. The zero-order chi connectivity index (χ0) is 11.0. The maximum absolute atomic E-state index is 12.4. The van der Waals surface area contributed by atoms with Crippen molar-refractivity contribution in [3.63, 3.8) is 0 Å². The second-order valence-corrected chi connectivity index (χ2v) is 8.87. The molecule has 8 heteroatoms. The van der Waals surface area contributed by atoms with Crippen LogP contribution in [0.15, 0.2) is 29.2 Å². The molecule has 0 aliphatic rings. The highest BCUT2D eigenvalue weighted by Crippen LogP contribution is 2.20. The van der Waals surface area contributed by atoms with E-state index in [2.05, 4.69) is 10.7 Å². The molecule has 14 heavy (non-hydrogen) atoms. The summed E-state index contributed by atoms with van der Waals surface area (Å²) in [5.74, 6) is -0.670. The molecule has 0 heterocycles. The average molecular weight is 259 g/mol. The van der Waals surface area contributed by atoms with Crippen LogP contribution in [-0.2, 0) is 17.0 Å². The quantitative estimate of drug-likeness (QED) is 0.588. The van der Waals surface area contributed by atoms with Crippen molar-refractivity contribution in [2.75, 3.05) is 0 Å². The van der Waals surface area contributed by atoms with Gasteiger partial charge in [0.25, 0.3) is 8.87 Å². The molecule has 78 valence electrons. The molecule has 0 aromatic heterocycles. The smallest absolute Gasteiger partial charge is 0.207 e. The van der Waals surface area contributed by atoms with Gasteiger partial charge in [-0.25, -0.2) is 12.8 Å².